The highest BCUT2D eigenvalue weighted by Crippen LogP contribution is 2.31. The number of carboxylic acid groups (broad SMARTS) is 1. The molecule has 1 rings (SSSR count). The van der Waals surface area contributed by atoms with Crippen LogP contribution in [0, 0.1) is 0 Å². The second-order valence-electron chi connectivity index (χ2n) is 4.05. The van der Waals surface area contributed by atoms with E-state index in [2.05, 4.69) is 20.7 Å². The van der Waals surface area contributed by atoms with Crippen LogP contribution < -0.4 is 4.72 Å². The van der Waals surface area contributed by atoms with Gasteiger partial charge in [0.1, 0.15) is 9.77 Å². The van der Waals surface area contributed by atoms with E-state index in [4.69, 9.17) is 5.11 Å². The Morgan fingerprint density at radius 1 is 1.38 bits per heavy atom. The van der Waals surface area contributed by atoms with Crippen LogP contribution in [0.5, 0.6) is 0 Å². The van der Waals surface area contributed by atoms with Gasteiger partial charge in [-0.3, -0.25) is 0 Å². The average molecular weight is 421 g/mol. The first-order valence-electron chi connectivity index (χ1n) is 5.40. The highest BCUT2D eigenvalue weighted by atomic mass is 79.9. The second kappa shape index (κ2) is 6.71. The number of sulfonamides is 2. The van der Waals surface area contributed by atoms with E-state index in [-0.39, 0.29) is 20.1 Å². The summed E-state index contributed by atoms with van der Waals surface area (Å²) in [5.74, 6) is -1.63. The third kappa shape index (κ3) is 4.72. The van der Waals surface area contributed by atoms with Crippen LogP contribution in [0.1, 0.15) is 9.67 Å². The molecule has 1 heterocycles. The minimum Gasteiger partial charge on any atom is -0.477 e. The van der Waals surface area contributed by atoms with Gasteiger partial charge < -0.3 is 5.11 Å². The van der Waals surface area contributed by atoms with Crippen molar-refractivity contribution in [1.82, 2.24) is 9.03 Å². The summed E-state index contributed by atoms with van der Waals surface area (Å²) in [6.07, 6.45) is 0. The molecule has 0 aliphatic carbocycles. The summed E-state index contributed by atoms with van der Waals surface area (Å²) < 4.78 is 50.3. The van der Waals surface area contributed by atoms with Crippen LogP contribution in [0.15, 0.2) is 14.7 Å². The zero-order valence-corrected chi connectivity index (χ0v) is 15.1. The lowest BCUT2D eigenvalue weighted by Crippen LogP contribution is -2.33. The van der Waals surface area contributed by atoms with Gasteiger partial charge in [0, 0.05) is 20.6 Å². The van der Waals surface area contributed by atoms with Crippen LogP contribution in [-0.2, 0) is 20.0 Å². The average Bonchev–Trinajstić information content (AvgIpc) is 2.71. The first-order chi connectivity index (χ1) is 9.47. The molecule has 0 amide bonds. The van der Waals surface area contributed by atoms with Crippen molar-refractivity contribution in [3.63, 3.8) is 0 Å². The van der Waals surface area contributed by atoms with Gasteiger partial charge in [0.25, 0.3) is 0 Å². The predicted octanol–water partition coefficient (Wildman–Crippen LogP) is 0.379. The number of aromatic carboxylic acids is 1. The van der Waals surface area contributed by atoms with Gasteiger partial charge in [0.15, 0.2) is 0 Å². The number of thiophene rings is 1. The highest BCUT2D eigenvalue weighted by molar-refractivity contribution is 9.11. The molecule has 0 aliphatic heterocycles. The molecule has 0 aromatic carbocycles. The van der Waals surface area contributed by atoms with Crippen LogP contribution in [-0.4, -0.2) is 58.6 Å². The fraction of sp³-hybridized carbons (Fsp3) is 0.444. The molecule has 2 N–H and O–H groups in total. The van der Waals surface area contributed by atoms with Crippen molar-refractivity contribution in [1.29, 1.82) is 0 Å². The lowest BCUT2D eigenvalue weighted by molar-refractivity contribution is 0.0702. The largest absolute Gasteiger partial charge is 0.477 e. The molecule has 12 heteroatoms. The zero-order valence-electron chi connectivity index (χ0n) is 11.0. The number of nitrogens with zero attached hydrogens (tertiary/aromatic N) is 1. The fourth-order valence-electron chi connectivity index (χ4n) is 1.21. The Hall–Kier alpha value is -0.530. The van der Waals surface area contributed by atoms with Crippen LogP contribution in [0.2, 0.25) is 0 Å². The van der Waals surface area contributed by atoms with Crippen LogP contribution in [0.3, 0.4) is 0 Å². The highest BCUT2D eigenvalue weighted by Gasteiger charge is 2.24. The number of rotatable bonds is 7. The maximum Gasteiger partial charge on any atom is 0.345 e. The lowest BCUT2D eigenvalue weighted by Gasteiger charge is -2.11. The molecule has 0 saturated heterocycles. The van der Waals surface area contributed by atoms with E-state index in [0.29, 0.717) is 0 Å². The number of hydrogen-bond acceptors (Lipinski definition) is 6. The van der Waals surface area contributed by atoms with Gasteiger partial charge in [-0.1, -0.05) is 0 Å². The number of carboxylic acids is 1. The molecule has 0 spiro atoms. The topological polar surface area (TPSA) is 121 Å². The molecule has 0 unspecified atom stereocenters. The summed E-state index contributed by atoms with van der Waals surface area (Å²) in [6, 6.07) is 1.01. The molecule has 120 valence electrons. The molecule has 1 aromatic heterocycles. The van der Waals surface area contributed by atoms with Crippen LogP contribution in [0.4, 0.5) is 0 Å². The minimum absolute atomic E-state index is 0.136. The molecule has 21 heavy (non-hydrogen) atoms. The van der Waals surface area contributed by atoms with Gasteiger partial charge >= 0.3 is 5.97 Å². The molecule has 0 atom stereocenters. The molecular formula is C9H13BrN2O6S3. The van der Waals surface area contributed by atoms with Gasteiger partial charge in [-0.15, -0.1) is 11.3 Å². The van der Waals surface area contributed by atoms with E-state index in [1.54, 1.807) is 0 Å². The SMILES string of the molecule is CN(C)S(=O)(=O)CCNS(=O)(=O)c1cc(C(=O)O)sc1Br. The van der Waals surface area contributed by atoms with Crippen molar-refractivity contribution in [2.45, 2.75) is 4.90 Å². The Bertz CT molecular complexity index is 738. The number of hydrogen-bond donors (Lipinski definition) is 2. The molecule has 0 fully saturated rings. The number of nitrogens with one attached hydrogen (secondary N) is 1. The van der Waals surface area contributed by atoms with E-state index >= 15 is 0 Å². The molecular weight excluding hydrogens is 408 g/mol. The van der Waals surface area contributed by atoms with Crippen molar-refractivity contribution in [2.75, 3.05) is 26.4 Å². The van der Waals surface area contributed by atoms with Crippen LogP contribution in [0.25, 0.3) is 0 Å². The summed E-state index contributed by atoms with van der Waals surface area (Å²) in [7, 11) is -4.81. The Balaban J connectivity index is 2.86. The summed E-state index contributed by atoms with van der Waals surface area (Å²) in [5, 5.41) is 8.82. The molecule has 0 radical (unpaired) electrons. The summed E-state index contributed by atoms with van der Waals surface area (Å²) in [6.45, 7) is -0.312. The Kier molecular flexibility index (Phi) is 5.91. The van der Waals surface area contributed by atoms with Crippen molar-refractivity contribution in [3.8, 4) is 0 Å². The molecule has 8 nitrogen and oxygen atoms in total. The van der Waals surface area contributed by atoms with Gasteiger partial charge in [-0.05, 0) is 22.0 Å². The van der Waals surface area contributed by atoms with Crippen molar-refractivity contribution >= 4 is 53.3 Å². The Morgan fingerprint density at radius 3 is 2.38 bits per heavy atom. The Labute approximate surface area is 135 Å². The van der Waals surface area contributed by atoms with Gasteiger partial charge in [-0.2, -0.15) is 0 Å². The van der Waals surface area contributed by atoms with Gasteiger partial charge in [-0.25, -0.2) is 30.7 Å². The maximum atomic E-state index is 12.0. The standard InChI is InChI=1S/C9H13BrN2O6S3/c1-12(2)20(15,16)4-3-11-21(17,18)7-5-6(9(13)14)19-8(7)10/h5,11H,3-4H2,1-2H3,(H,13,14). The Morgan fingerprint density at radius 2 is 1.95 bits per heavy atom. The van der Waals surface area contributed by atoms with Gasteiger partial charge in [0.2, 0.25) is 20.0 Å². The molecule has 0 bridgehead atoms. The maximum absolute atomic E-state index is 12.0. The molecule has 1 aromatic rings. The smallest absolute Gasteiger partial charge is 0.345 e. The zero-order chi connectivity index (χ0) is 16.4. The summed E-state index contributed by atoms with van der Waals surface area (Å²) >= 11 is 3.75. The number of carbonyl (C=O) groups is 1. The predicted molar refractivity (Wildman–Crippen MR) is 81.6 cm³/mol. The molecule has 0 aliphatic rings. The first kappa shape index (κ1) is 18.5. The molecule has 0 saturated carbocycles. The van der Waals surface area contributed by atoms with Gasteiger partial charge in [0.05, 0.1) is 9.54 Å². The summed E-state index contributed by atoms with van der Waals surface area (Å²) in [5.41, 5.74) is 0. The van der Waals surface area contributed by atoms with E-state index < -0.39 is 31.8 Å². The van der Waals surface area contributed by atoms with Crippen molar-refractivity contribution in [3.05, 3.63) is 14.7 Å². The third-order valence-corrected chi connectivity index (χ3v) is 7.90. The third-order valence-electron chi connectivity index (χ3n) is 2.36. The first-order valence-corrected chi connectivity index (χ1v) is 10.1. The van der Waals surface area contributed by atoms with E-state index in [9.17, 15) is 21.6 Å². The number of halogens is 1. The second-order valence-corrected chi connectivity index (χ2v) is 10.5. The minimum atomic E-state index is -3.98. The summed E-state index contributed by atoms with van der Waals surface area (Å²) in [4.78, 5) is 10.4. The van der Waals surface area contributed by atoms with E-state index in [1.165, 1.54) is 14.1 Å². The van der Waals surface area contributed by atoms with Crippen molar-refractivity contribution < 1.29 is 26.7 Å². The van der Waals surface area contributed by atoms with Crippen molar-refractivity contribution in [2.24, 2.45) is 0 Å². The lowest BCUT2D eigenvalue weighted by atomic mass is 10.5. The normalized spacial score (nSPS) is 12.8. The fourth-order valence-corrected chi connectivity index (χ4v) is 5.49. The van der Waals surface area contributed by atoms with E-state index in [0.717, 1.165) is 21.7 Å². The van der Waals surface area contributed by atoms with E-state index in [1.807, 2.05) is 0 Å². The monoisotopic (exact) mass is 420 g/mol. The van der Waals surface area contributed by atoms with Crippen LogP contribution >= 0.6 is 27.3 Å². The quantitative estimate of drug-likeness (QED) is 0.657.